The summed E-state index contributed by atoms with van der Waals surface area (Å²) in [6.07, 6.45) is 1.39. The van der Waals surface area contributed by atoms with Gasteiger partial charge < -0.3 is 10.0 Å². The molecule has 1 aliphatic heterocycles. The second-order valence-corrected chi connectivity index (χ2v) is 6.52. The minimum atomic E-state index is -0.572. The van der Waals surface area contributed by atoms with E-state index in [9.17, 15) is 9.50 Å². The molecule has 3 heteroatoms. The maximum Gasteiger partial charge on any atom is 0.126 e. The minimum absolute atomic E-state index is 0.234. The molecule has 3 unspecified atom stereocenters. The molecule has 1 N–H and O–H groups in total. The van der Waals surface area contributed by atoms with Gasteiger partial charge in [-0.3, -0.25) is 0 Å². The van der Waals surface area contributed by atoms with Gasteiger partial charge in [-0.15, -0.1) is 0 Å². The third kappa shape index (κ3) is 4.03. The fourth-order valence-corrected chi connectivity index (χ4v) is 3.26. The highest BCUT2D eigenvalue weighted by Gasteiger charge is 2.22. The highest BCUT2D eigenvalue weighted by atomic mass is 19.1. The van der Waals surface area contributed by atoms with Gasteiger partial charge in [0.15, 0.2) is 0 Å². The fourth-order valence-electron chi connectivity index (χ4n) is 3.26. The van der Waals surface area contributed by atoms with Crippen LogP contribution in [-0.2, 0) is 0 Å². The van der Waals surface area contributed by atoms with Gasteiger partial charge in [0.25, 0.3) is 0 Å². The number of rotatable bonds is 4. The molecular formula is C17H26FNO. The monoisotopic (exact) mass is 279 g/mol. The van der Waals surface area contributed by atoms with Gasteiger partial charge >= 0.3 is 0 Å². The third-order valence-corrected chi connectivity index (χ3v) is 4.24. The van der Waals surface area contributed by atoms with Gasteiger partial charge in [0.1, 0.15) is 5.82 Å². The molecule has 112 valence electrons. The SMILES string of the molecule is Cc1ccc(C(O)CCN2CC(C)CC(C)C2)cc1F. The van der Waals surface area contributed by atoms with E-state index in [0.717, 1.165) is 31.5 Å². The average molecular weight is 279 g/mol. The molecule has 1 aromatic carbocycles. The Morgan fingerprint density at radius 1 is 1.30 bits per heavy atom. The zero-order chi connectivity index (χ0) is 14.7. The van der Waals surface area contributed by atoms with Crippen molar-refractivity contribution in [1.29, 1.82) is 0 Å². The molecule has 1 fully saturated rings. The van der Waals surface area contributed by atoms with Crippen LogP contribution in [0.2, 0.25) is 0 Å². The van der Waals surface area contributed by atoms with Gasteiger partial charge in [-0.05, 0) is 48.8 Å². The normalized spacial score (nSPS) is 25.6. The van der Waals surface area contributed by atoms with Crippen LogP contribution in [0, 0.1) is 24.6 Å². The van der Waals surface area contributed by atoms with E-state index < -0.39 is 6.10 Å². The number of benzene rings is 1. The van der Waals surface area contributed by atoms with Crippen molar-refractivity contribution in [3.63, 3.8) is 0 Å². The molecule has 0 aromatic heterocycles. The van der Waals surface area contributed by atoms with Crippen molar-refractivity contribution in [3.8, 4) is 0 Å². The lowest BCUT2D eigenvalue weighted by Gasteiger charge is -2.35. The van der Waals surface area contributed by atoms with Crippen molar-refractivity contribution in [1.82, 2.24) is 4.90 Å². The molecule has 1 aliphatic rings. The quantitative estimate of drug-likeness (QED) is 0.911. The van der Waals surface area contributed by atoms with E-state index in [4.69, 9.17) is 0 Å². The molecule has 0 saturated carbocycles. The number of nitrogens with zero attached hydrogens (tertiary/aromatic N) is 1. The smallest absolute Gasteiger partial charge is 0.126 e. The summed E-state index contributed by atoms with van der Waals surface area (Å²) in [5, 5.41) is 10.2. The summed E-state index contributed by atoms with van der Waals surface area (Å²) in [5.41, 5.74) is 1.31. The first-order valence-electron chi connectivity index (χ1n) is 7.62. The van der Waals surface area contributed by atoms with Crippen molar-refractivity contribution in [2.75, 3.05) is 19.6 Å². The van der Waals surface area contributed by atoms with Crippen LogP contribution in [0.5, 0.6) is 0 Å². The Kier molecular flexibility index (Phi) is 5.17. The highest BCUT2D eigenvalue weighted by molar-refractivity contribution is 5.24. The number of aliphatic hydroxyl groups is 1. The van der Waals surface area contributed by atoms with Crippen LogP contribution in [0.15, 0.2) is 18.2 Å². The Morgan fingerprint density at radius 2 is 1.95 bits per heavy atom. The third-order valence-electron chi connectivity index (χ3n) is 4.24. The van der Waals surface area contributed by atoms with Crippen LogP contribution in [0.25, 0.3) is 0 Å². The van der Waals surface area contributed by atoms with Gasteiger partial charge in [0.2, 0.25) is 0 Å². The predicted octanol–water partition coefficient (Wildman–Crippen LogP) is 3.54. The van der Waals surface area contributed by atoms with Crippen molar-refractivity contribution < 1.29 is 9.50 Å². The van der Waals surface area contributed by atoms with Gasteiger partial charge in [0.05, 0.1) is 6.10 Å². The lowest BCUT2D eigenvalue weighted by Crippen LogP contribution is -2.39. The minimum Gasteiger partial charge on any atom is -0.388 e. The molecule has 0 spiro atoms. The van der Waals surface area contributed by atoms with E-state index in [1.165, 1.54) is 12.5 Å². The number of hydrogen-bond donors (Lipinski definition) is 1. The first kappa shape index (κ1) is 15.5. The summed E-state index contributed by atoms with van der Waals surface area (Å²) in [7, 11) is 0. The Morgan fingerprint density at radius 3 is 2.55 bits per heavy atom. The molecule has 1 heterocycles. The van der Waals surface area contributed by atoms with Crippen LogP contribution < -0.4 is 0 Å². The summed E-state index contributed by atoms with van der Waals surface area (Å²) >= 11 is 0. The second-order valence-electron chi connectivity index (χ2n) is 6.52. The summed E-state index contributed by atoms with van der Waals surface area (Å²) in [5.74, 6) is 1.22. The number of halogens is 1. The van der Waals surface area contributed by atoms with E-state index >= 15 is 0 Å². The summed E-state index contributed by atoms with van der Waals surface area (Å²) in [6.45, 7) is 9.41. The highest BCUT2D eigenvalue weighted by Crippen LogP contribution is 2.24. The summed E-state index contributed by atoms with van der Waals surface area (Å²) in [4.78, 5) is 2.42. The Hall–Kier alpha value is -0.930. The molecule has 20 heavy (non-hydrogen) atoms. The second kappa shape index (κ2) is 6.68. The number of aliphatic hydroxyl groups excluding tert-OH is 1. The van der Waals surface area contributed by atoms with E-state index in [1.54, 1.807) is 13.0 Å². The topological polar surface area (TPSA) is 23.5 Å². The van der Waals surface area contributed by atoms with Gasteiger partial charge in [-0.2, -0.15) is 0 Å². The molecule has 2 rings (SSSR count). The van der Waals surface area contributed by atoms with Gasteiger partial charge in [0, 0.05) is 19.6 Å². The van der Waals surface area contributed by atoms with Crippen LogP contribution in [0.4, 0.5) is 4.39 Å². The summed E-state index contributed by atoms with van der Waals surface area (Å²) < 4.78 is 13.5. The number of piperidine rings is 1. The standard InChI is InChI=1S/C17H26FNO/c1-12-8-13(2)11-19(10-12)7-6-17(20)15-5-4-14(3)16(18)9-15/h4-5,9,12-13,17,20H,6-8,10-11H2,1-3H3. The number of aryl methyl sites for hydroxylation is 1. The number of likely N-dealkylation sites (tertiary alicyclic amines) is 1. The molecule has 0 bridgehead atoms. The molecule has 0 amide bonds. The molecule has 1 aromatic rings. The summed E-state index contributed by atoms with van der Waals surface area (Å²) in [6, 6.07) is 5.02. The fraction of sp³-hybridized carbons (Fsp3) is 0.647. The first-order valence-corrected chi connectivity index (χ1v) is 7.62. The largest absolute Gasteiger partial charge is 0.388 e. The zero-order valence-corrected chi connectivity index (χ0v) is 12.8. The Balaban J connectivity index is 1.88. The maximum atomic E-state index is 13.5. The van der Waals surface area contributed by atoms with E-state index in [1.807, 2.05) is 6.07 Å². The van der Waals surface area contributed by atoms with Gasteiger partial charge in [-0.25, -0.2) is 4.39 Å². The lowest BCUT2D eigenvalue weighted by atomic mass is 9.91. The molecule has 0 radical (unpaired) electrons. The van der Waals surface area contributed by atoms with Gasteiger partial charge in [-0.1, -0.05) is 26.0 Å². The Bertz CT molecular complexity index is 439. The van der Waals surface area contributed by atoms with E-state index in [-0.39, 0.29) is 5.82 Å². The molecular weight excluding hydrogens is 253 g/mol. The molecule has 0 aliphatic carbocycles. The predicted molar refractivity (Wildman–Crippen MR) is 80.1 cm³/mol. The Labute approximate surface area is 121 Å². The van der Waals surface area contributed by atoms with Crippen molar-refractivity contribution in [3.05, 3.63) is 35.1 Å². The van der Waals surface area contributed by atoms with Crippen LogP contribution >= 0.6 is 0 Å². The molecule has 3 atom stereocenters. The average Bonchev–Trinajstić information content (AvgIpc) is 2.38. The van der Waals surface area contributed by atoms with Crippen molar-refractivity contribution in [2.24, 2.45) is 11.8 Å². The lowest BCUT2D eigenvalue weighted by molar-refractivity contribution is 0.103. The van der Waals surface area contributed by atoms with Crippen molar-refractivity contribution >= 4 is 0 Å². The van der Waals surface area contributed by atoms with E-state index in [0.29, 0.717) is 17.5 Å². The molecule has 2 nitrogen and oxygen atoms in total. The number of hydrogen-bond acceptors (Lipinski definition) is 2. The van der Waals surface area contributed by atoms with Crippen molar-refractivity contribution in [2.45, 2.75) is 39.7 Å². The molecule has 1 saturated heterocycles. The first-order chi connectivity index (χ1) is 9.45. The van der Waals surface area contributed by atoms with Crippen LogP contribution in [0.1, 0.15) is 43.9 Å². The maximum absolute atomic E-state index is 13.5. The zero-order valence-electron chi connectivity index (χ0n) is 12.8. The van der Waals surface area contributed by atoms with Crippen LogP contribution in [0.3, 0.4) is 0 Å². The van der Waals surface area contributed by atoms with E-state index in [2.05, 4.69) is 18.7 Å². The van der Waals surface area contributed by atoms with Crippen LogP contribution in [-0.4, -0.2) is 29.6 Å².